The molecule has 4 rings (SSSR count). The van der Waals surface area contributed by atoms with Crippen LogP contribution < -0.4 is 5.32 Å². The highest BCUT2D eigenvalue weighted by Crippen LogP contribution is 2.29. The number of rotatable bonds is 6. The molecule has 0 radical (unpaired) electrons. The van der Waals surface area contributed by atoms with Gasteiger partial charge in [-0.25, -0.2) is 9.97 Å². The predicted octanol–water partition coefficient (Wildman–Crippen LogP) is 4.39. The molecule has 1 aromatic carbocycles. The van der Waals surface area contributed by atoms with Crippen LogP contribution in [0.25, 0.3) is 17.3 Å². The van der Waals surface area contributed by atoms with Crippen molar-refractivity contribution < 1.29 is 22.5 Å². The average Bonchev–Trinajstić information content (AvgIpc) is 3.48. The minimum Gasteiger partial charge on any atom is -0.347 e. The van der Waals surface area contributed by atoms with E-state index in [1.165, 1.54) is 24.7 Å². The van der Waals surface area contributed by atoms with Gasteiger partial charge in [0.1, 0.15) is 17.8 Å². The van der Waals surface area contributed by atoms with Crippen LogP contribution in [0.3, 0.4) is 0 Å². The molecule has 1 N–H and O–H groups in total. The molecule has 3 heterocycles. The molecule has 3 aromatic heterocycles. The highest BCUT2D eigenvalue weighted by atomic mass is 19.4. The van der Waals surface area contributed by atoms with E-state index in [-0.39, 0.29) is 18.2 Å². The standard InChI is InChI=1S/C22H19F3N6O2/c1-13(2)19-29-21(33-30-19)15-6-7-26-18(9-15)31-11-17(28-12-31)20(32)27-10-14-4-3-5-16(8-14)22(23,24)25/h3-9,11-13H,10H2,1-2H3,(H,27,32). The number of amides is 1. The van der Waals surface area contributed by atoms with Gasteiger partial charge in [-0.1, -0.05) is 31.1 Å². The second-order valence-corrected chi connectivity index (χ2v) is 7.56. The van der Waals surface area contributed by atoms with Crippen molar-refractivity contribution in [3.05, 3.63) is 77.8 Å². The lowest BCUT2D eigenvalue weighted by Crippen LogP contribution is -2.23. The van der Waals surface area contributed by atoms with Crippen LogP contribution in [0.2, 0.25) is 0 Å². The molecule has 0 unspecified atom stereocenters. The SMILES string of the molecule is CC(C)c1noc(-c2ccnc(-n3cnc(C(=O)NCc4cccc(C(F)(F)F)c4)c3)c2)n1. The number of pyridine rings is 1. The Bertz CT molecular complexity index is 1280. The van der Waals surface area contributed by atoms with Gasteiger partial charge in [-0.3, -0.25) is 9.36 Å². The number of aromatic nitrogens is 5. The van der Waals surface area contributed by atoms with Gasteiger partial charge in [-0.15, -0.1) is 0 Å². The van der Waals surface area contributed by atoms with Crippen LogP contribution in [-0.4, -0.2) is 30.6 Å². The maximum atomic E-state index is 12.8. The molecular formula is C22H19F3N6O2. The average molecular weight is 456 g/mol. The van der Waals surface area contributed by atoms with Gasteiger partial charge in [0.25, 0.3) is 11.8 Å². The molecule has 0 saturated heterocycles. The van der Waals surface area contributed by atoms with E-state index < -0.39 is 17.6 Å². The molecule has 0 bridgehead atoms. The number of carbonyl (C=O) groups excluding carboxylic acids is 1. The predicted molar refractivity (Wildman–Crippen MR) is 111 cm³/mol. The molecule has 170 valence electrons. The van der Waals surface area contributed by atoms with Crippen molar-refractivity contribution in [1.82, 2.24) is 30.0 Å². The first-order valence-corrected chi connectivity index (χ1v) is 9.99. The Hall–Kier alpha value is -4.02. The van der Waals surface area contributed by atoms with Gasteiger partial charge in [0.05, 0.1) is 5.56 Å². The number of hydrogen-bond donors (Lipinski definition) is 1. The highest BCUT2D eigenvalue weighted by molar-refractivity contribution is 5.92. The summed E-state index contributed by atoms with van der Waals surface area (Å²) in [6, 6.07) is 8.21. The topological polar surface area (TPSA) is 98.7 Å². The van der Waals surface area contributed by atoms with Gasteiger partial charge >= 0.3 is 6.18 Å². The van der Waals surface area contributed by atoms with E-state index in [9.17, 15) is 18.0 Å². The summed E-state index contributed by atoms with van der Waals surface area (Å²) in [5.41, 5.74) is 0.302. The molecule has 0 fully saturated rings. The van der Waals surface area contributed by atoms with Crippen LogP contribution in [0.4, 0.5) is 13.2 Å². The summed E-state index contributed by atoms with van der Waals surface area (Å²) in [6.45, 7) is 3.84. The van der Waals surface area contributed by atoms with Crippen molar-refractivity contribution in [3.8, 4) is 17.3 Å². The lowest BCUT2D eigenvalue weighted by molar-refractivity contribution is -0.137. The summed E-state index contributed by atoms with van der Waals surface area (Å²) in [5, 5.41) is 6.52. The van der Waals surface area contributed by atoms with Crippen LogP contribution in [0.15, 0.2) is 59.6 Å². The van der Waals surface area contributed by atoms with Gasteiger partial charge in [-0.05, 0) is 29.8 Å². The molecule has 0 spiro atoms. The van der Waals surface area contributed by atoms with Crippen LogP contribution in [0.5, 0.6) is 0 Å². The summed E-state index contributed by atoms with van der Waals surface area (Å²) in [5.74, 6) is 1.00. The summed E-state index contributed by atoms with van der Waals surface area (Å²) in [7, 11) is 0. The Morgan fingerprint density at radius 1 is 1.18 bits per heavy atom. The number of halogens is 3. The molecule has 0 aliphatic rings. The normalized spacial score (nSPS) is 11.7. The molecule has 0 atom stereocenters. The summed E-state index contributed by atoms with van der Waals surface area (Å²) < 4.78 is 45.4. The highest BCUT2D eigenvalue weighted by Gasteiger charge is 2.30. The summed E-state index contributed by atoms with van der Waals surface area (Å²) in [6.07, 6.45) is 0.00875. The largest absolute Gasteiger partial charge is 0.416 e. The zero-order valence-electron chi connectivity index (χ0n) is 17.7. The van der Waals surface area contributed by atoms with Crippen LogP contribution in [-0.2, 0) is 12.7 Å². The van der Waals surface area contributed by atoms with Gasteiger partial charge in [-0.2, -0.15) is 18.2 Å². The van der Waals surface area contributed by atoms with E-state index in [0.29, 0.717) is 28.7 Å². The van der Waals surface area contributed by atoms with Crippen molar-refractivity contribution in [3.63, 3.8) is 0 Å². The number of carbonyl (C=O) groups is 1. The first kappa shape index (κ1) is 22.2. The van der Waals surface area contributed by atoms with E-state index in [1.807, 2.05) is 13.8 Å². The minimum atomic E-state index is -4.45. The maximum absolute atomic E-state index is 12.8. The molecule has 4 aromatic rings. The Balaban J connectivity index is 1.46. The Morgan fingerprint density at radius 2 is 2.00 bits per heavy atom. The fourth-order valence-electron chi connectivity index (χ4n) is 2.98. The molecule has 0 aliphatic carbocycles. The van der Waals surface area contributed by atoms with Gasteiger partial charge in [0, 0.05) is 30.4 Å². The first-order chi connectivity index (χ1) is 15.7. The van der Waals surface area contributed by atoms with Crippen molar-refractivity contribution in [1.29, 1.82) is 0 Å². The number of nitrogens with one attached hydrogen (secondary N) is 1. The lowest BCUT2D eigenvalue weighted by atomic mass is 10.1. The third-order valence-corrected chi connectivity index (χ3v) is 4.74. The fourth-order valence-corrected chi connectivity index (χ4v) is 2.98. The molecule has 0 aliphatic heterocycles. The van der Waals surface area contributed by atoms with Gasteiger partial charge < -0.3 is 9.84 Å². The molecule has 8 nitrogen and oxygen atoms in total. The smallest absolute Gasteiger partial charge is 0.347 e. The van der Waals surface area contributed by atoms with Crippen molar-refractivity contribution >= 4 is 5.91 Å². The second-order valence-electron chi connectivity index (χ2n) is 7.56. The van der Waals surface area contributed by atoms with Gasteiger partial charge in [0.2, 0.25) is 0 Å². The first-order valence-electron chi connectivity index (χ1n) is 9.99. The van der Waals surface area contributed by atoms with Crippen LogP contribution in [0, 0.1) is 0 Å². The van der Waals surface area contributed by atoms with Crippen LogP contribution in [0.1, 0.15) is 47.2 Å². The third-order valence-electron chi connectivity index (χ3n) is 4.74. The lowest BCUT2D eigenvalue weighted by Gasteiger charge is -2.09. The second kappa shape index (κ2) is 8.85. The zero-order valence-corrected chi connectivity index (χ0v) is 17.7. The van der Waals surface area contributed by atoms with E-state index in [0.717, 1.165) is 12.1 Å². The number of imidazole rings is 1. The van der Waals surface area contributed by atoms with E-state index in [4.69, 9.17) is 4.52 Å². The van der Waals surface area contributed by atoms with Gasteiger partial charge in [0.15, 0.2) is 5.82 Å². The molecule has 1 amide bonds. The van der Waals surface area contributed by atoms with Crippen molar-refractivity contribution in [2.75, 3.05) is 0 Å². The van der Waals surface area contributed by atoms with E-state index >= 15 is 0 Å². The van der Waals surface area contributed by atoms with Crippen molar-refractivity contribution in [2.45, 2.75) is 32.5 Å². The third kappa shape index (κ3) is 5.08. The zero-order chi connectivity index (χ0) is 23.6. The Morgan fingerprint density at radius 3 is 2.73 bits per heavy atom. The number of hydrogen-bond acceptors (Lipinski definition) is 6. The minimum absolute atomic E-state index is 0.0707. The summed E-state index contributed by atoms with van der Waals surface area (Å²) in [4.78, 5) is 25.1. The summed E-state index contributed by atoms with van der Waals surface area (Å²) >= 11 is 0. The van der Waals surface area contributed by atoms with Crippen LogP contribution >= 0.6 is 0 Å². The fraction of sp³-hybridized carbons (Fsp3) is 0.227. The maximum Gasteiger partial charge on any atom is 0.416 e. The monoisotopic (exact) mass is 456 g/mol. The molecule has 0 saturated carbocycles. The number of benzene rings is 1. The number of alkyl halides is 3. The molecule has 11 heteroatoms. The van der Waals surface area contributed by atoms with E-state index in [1.54, 1.807) is 22.9 Å². The quantitative estimate of drug-likeness (QED) is 0.462. The van der Waals surface area contributed by atoms with E-state index in [2.05, 4.69) is 25.4 Å². The number of nitrogens with zero attached hydrogens (tertiary/aromatic N) is 5. The molecule has 33 heavy (non-hydrogen) atoms. The van der Waals surface area contributed by atoms with Crippen molar-refractivity contribution in [2.24, 2.45) is 0 Å². The molecular weight excluding hydrogens is 437 g/mol. The Labute approximate surface area is 186 Å². The Kier molecular flexibility index (Phi) is 5.95.